The van der Waals surface area contributed by atoms with Crippen LogP contribution >= 0.6 is 0 Å². The smallest absolute Gasteiger partial charge is 0.164 e. The second-order valence-electron chi connectivity index (χ2n) is 16.8. The van der Waals surface area contributed by atoms with Crippen molar-refractivity contribution in [3.8, 4) is 62.1 Å². The summed E-state index contributed by atoms with van der Waals surface area (Å²) < 4.78 is 9.56. The zero-order chi connectivity index (χ0) is 41.9. The summed E-state index contributed by atoms with van der Waals surface area (Å²) in [4.78, 5) is 14.9. The first-order valence-corrected chi connectivity index (χ1v) is 21.5. The lowest BCUT2D eigenvalue weighted by Crippen LogP contribution is -2.01. The second kappa shape index (κ2) is 15.1. The average molecular weight is 801 g/mol. The van der Waals surface area contributed by atoms with Gasteiger partial charge in [-0.2, -0.15) is 0 Å². The Labute approximate surface area is 361 Å². The van der Waals surface area contributed by atoms with Gasteiger partial charge < -0.3 is 8.98 Å². The predicted octanol–water partition coefficient (Wildman–Crippen LogP) is 15.4. The van der Waals surface area contributed by atoms with Crippen LogP contribution in [0.4, 0.5) is 0 Å². The first-order chi connectivity index (χ1) is 30.4. The molecule has 0 amide bonds. The maximum atomic E-state index is 7.05. The SMILES string of the molecule is CC(C)c1cccc2c3cccc(C(C)C)c3n(-c3cccc(-c4cccc5c4oc4c(-c6cccc(-c7nc(-c8ccccc8)nc(-c8ccccc8)n7)c6)cccc45)c3)c12. The zero-order valence-electron chi connectivity index (χ0n) is 35.2. The molecule has 3 heterocycles. The van der Waals surface area contributed by atoms with E-state index < -0.39 is 0 Å². The number of benzene rings is 8. The molecule has 0 unspecified atom stereocenters. The van der Waals surface area contributed by atoms with Crippen molar-refractivity contribution in [3.05, 3.63) is 193 Å². The molecule has 62 heavy (non-hydrogen) atoms. The van der Waals surface area contributed by atoms with Gasteiger partial charge in [0.1, 0.15) is 11.2 Å². The fourth-order valence-electron chi connectivity index (χ4n) is 9.21. The number of hydrogen-bond donors (Lipinski definition) is 0. The maximum absolute atomic E-state index is 7.05. The van der Waals surface area contributed by atoms with E-state index in [0.29, 0.717) is 29.3 Å². The number of furan rings is 1. The van der Waals surface area contributed by atoms with Crippen LogP contribution in [0, 0.1) is 0 Å². The lowest BCUT2D eigenvalue weighted by atomic mass is 9.98. The molecule has 0 bridgehead atoms. The standard InChI is InChI=1S/C57H44N4O/c1-35(2)43-25-13-29-47-48-30-14-26-44(36(3)4)52(48)61(51(43)47)42-24-12-22-40(34-42)46-28-16-32-50-49-31-15-27-45(53(49)62-54(46)50)39-21-11-23-41(33-39)57-59-55(37-17-7-5-8-18-37)58-56(60-57)38-19-9-6-10-20-38/h5-36H,1-4H3. The van der Waals surface area contributed by atoms with E-state index >= 15 is 0 Å². The van der Waals surface area contributed by atoms with E-state index in [1.165, 1.54) is 32.9 Å². The summed E-state index contributed by atoms with van der Waals surface area (Å²) in [6, 6.07) is 64.1. The number of aromatic nitrogens is 4. The highest BCUT2D eigenvalue weighted by Gasteiger charge is 2.22. The molecule has 3 aromatic heterocycles. The molecule has 0 spiro atoms. The fraction of sp³-hybridized carbons (Fsp3) is 0.105. The van der Waals surface area contributed by atoms with Crippen LogP contribution in [0.15, 0.2) is 186 Å². The molecule has 5 nitrogen and oxygen atoms in total. The Balaban J connectivity index is 1.05. The predicted molar refractivity (Wildman–Crippen MR) is 257 cm³/mol. The Hall–Kier alpha value is -7.63. The Kier molecular flexibility index (Phi) is 9.12. The lowest BCUT2D eigenvalue weighted by Gasteiger charge is -2.17. The van der Waals surface area contributed by atoms with E-state index in [0.717, 1.165) is 66.6 Å². The first kappa shape index (κ1) is 37.4. The van der Waals surface area contributed by atoms with Gasteiger partial charge in [-0.15, -0.1) is 0 Å². The highest BCUT2D eigenvalue weighted by atomic mass is 16.3. The molecule has 0 aliphatic carbocycles. The molecule has 298 valence electrons. The fourth-order valence-corrected chi connectivity index (χ4v) is 9.21. The molecule has 0 atom stereocenters. The summed E-state index contributed by atoms with van der Waals surface area (Å²) >= 11 is 0. The number of fused-ring (bicyclic) bond motifs is 6. The molecule has 0 fully saturated rings. The summed E-state index contributed by atoms with van der Waals surface area (Å²) in [5.74, 6) is 2.61. The maximum Gasteiger partial charge on any atom is 0.164 e. The molecular weight excluding hydrogens is 757 g/mol. The summed E-state index contributed by atoms with van der Waals surface area (Å²) in [6.45, 7) is 9.17. The third kappa shape index (κ3) is 6.28. The van der Waals surface area contributed by atoms with Gasteiger partial charge in [0.05, 0.1) is 11.0 Å². The second-order valence-corrected chi connectivity index (χ2v) is 16.8. The van der Waals surface area contributed by atoms with Crippen molar-refractivity contribution in [1.29, 1.82) is 0 Å². The van der Waals surface area contributed by atoms with E-state index in [1.807, 2.05) is 60.7 Å². The molecule has 5 heteroatoms. The topological polar surface area (TPSA) is 56.7 Å². The third-order valence-electron chi connectivity index (χ3n) is 12.2. The number of hydrogen-bond acceptors (Lipinski definition) is 4. The summed E-state index contributed by atoms with van der Waals surface area (Å²) in [7, 11) is 0. The number of rotatable bonds is 8. The quantitative estimate of drug-likeness (QED) is 0.154. The van der Waals surface area contributed by atoms with Gasteiger partial charge in [0.15, 0.2) is 17.5 Å². The van der Waals surface area contributed by atoms with Crippen molar-refractivity contribution < 1.29 is 4.42 Å². The summed E-state index contributed by atoms with van der Waals surface area (Å²) in [5, 5.41) is 4.74. The molecule has 0 saturated heterocycles. The van der Waals surface area contributed by atoms with Gasteiger partial charge in [-0.05, 0) is 52.3 Å². The molecule has 11 aromatic rings. The van der Waals surface area contributed by atoms with Crippen molar-refractivity contribution in [2.24, 2.45) is 0 Å². The van der Waals surface area contributed by atoms with Crippen LogP contribution in [0.5, 0.6) is 0 Å². The number of nitrogens with zero attached hydrogens (tertiary/aromatic N) is 4. The first-order valence-electron chi connectivity index (χ1n) is 21.5. The van der Waals surface area contributed by atoms with Crippen LogP contribution in [-0.2, 0) is 0 Å². The van der Waals surface area contributed by atoms with Gasteiger partial charge in [0.25, 0.3) is 0 Å². The van der Waals surface area contributed by atoms with Gasteiger partial charge in [-0.25, -0.2) is 15.0 Å². The minimum atomic E-state index is 0.363. The van der Waals surface area contributed by atoms with Crippen LogP contribution in [0.2, 0.25) is 0 Å². The highest BCUT2D eigenvalue weighted by molar-refractivity contribution is 6.14. The normalized spacial score (nSPS) is 11.8. The Morgan fingerprint density at radius 2 is 0.774 bits per heavy atom. The minimum Gasteiger partial charge on any atom is -0.455 e. The molecule has 0 radical (unpaired) electrons. The van der Waals surface area contributed by atoms with Gasteiger partial charge >= 0.3 is 0 Å². The third-order valence-corrected chi connectivity index (χ3v) is 12.2. The average Bonchev–Trinajstić information content (AvgIpc) is 3.88. The molecule has 8 aromatic carbocycles. The molecule has 0 aliphatic rings. The van der Waals surface area contributed by atoms with Crippen molar-refractivity contribution in [1.82, 2.24) is 19.5 Å². The molecule has 0 saturated carbocycles. The lowest BCUT2D eigenvalue weighted by molar-refractivity contribution is 0.671. The van der Waals surface area contributed by atoms with Crippen LogP contribution in [-0.4, -0.2) is 19.5 Å². The summed E-state index contributed by atoms with van der Waals surface area (Å²) in [5.41, 5.74) is 15.1. The van der Waals surface area contributed by atoms with E-state index in [1.54, 1.807) is 0 Å². The van der Waals surface area contributed by atoms with Gasteiger partial charge in [0, 0.05) is 55.0 Å². The van der Waals surface area contributed by atoms with Crippen LogP contribution < -0.4 is 0 Å². The monoisotopic (exact) mass is 800 g/mol. The largest absolute Gasteiger partial charge is 0.455 e. The van der Waals surface area contributed by atoms with Gasteiger partial charge in [-0.3, -0.25) is 0 Å². The van der Waals surface area contributed by atoms with Crippen LogP contribution in [0.1, 0.15) is 50.7 Å². The van der Waals surface area contributed by atoms with Crippen LogP contribution in [0.3, 0.4) is 0 Å². The van der Waals surface area contributed by atoms with Gasteiger partial charge in [0.2, 0.25) is 0 Å². The van der Waals surface area contributed by atoms with Crippen molar-refractivity contribution >= 4 is 43.7 Å². The van der Waals surface area contributed by atoms with Crippen molar-refractivity contribution in [2.45, 2.75) is 39.5 Å². The van der Waals surface area contributed by atoms with E-state index in [2.05, 4.69) is 154 Å². The highest BCUT2D eigenvalue weighted by Crippen LogP contribution is 2.43. The van der Waals surface area contributed by atoms with Crippen LogP contribution in [0.25, 0.3) is 106 Å². The van der Waals surface area contributed by atoms with Crippen molar-refractivity contribution in [3.63, 3.8) is 0 Å². The van der Waals surface area contributed by atoms with E-state index in [9.17, 15) is 0 Å². The Bertz CT molecular complexity index is 3350. The number of para-hydroxylation sites is 4. The van der Waals surface area contributed by atoms with E-state index in [4.69, 9.17) is 19.4 Å². The van der Waals surface area contributed by atoms with E-state index in [-0.39, 0.29) is 0 Å². The molecular formula is C57H44N4O. The minimum absolute atomic E-state index is 0.363. The van der Waals surface area contributed by atoms with Gasteiger partial charge in [-0.1, -0.05) is 191 Å². The molecule has 0 N–H and O–H groups in total. The Morgan fingerprint density at radius 1 is 0.371 bits per heavy atom. The molecule has 11 rings (SSSR count). The molecule has 0 aliphatic heterocycles. The summed E-state index contributed by atoms with van der Waals surface area (Å²) in [6.07, 6.45) is 0. The zero-order valence-corrected chi connectivity index (χ0v) is 35.2. The van der Waals surface area contributed by atoms with Crippen molar-refractivity contribution in [2.75, 3.05) is 0 Å². The Morgan fingerprint density at radius 3 is 1.29 bits per heavy atom.